The summed E-state index contributed by atoms with van der Waals surface area (Å²) >= 11 is 0. The first-order chi connectivity index (χ1) is 13.9. The molecule has 0 amide bonds. The van der Waals surface area contributed by atoms with E-state index in [2.05, 4.69) is 15.0 Å². The molecule has 0 radical (unpaired) electrons. The van der Waals surface area contributed by atoms with Crippen molar-refractivity contribution in [2.75, 3.05) is 6.54 Å². The molecule has 0 fully saturated rings. The molecule has 3 rings (SSSR count). The molecule has 0 saturated heterocycles. The maximum Gasteiger partial charge on any atom is 0.416 e. The molecule has 2 heterocycles. The zero-order valence-corrected chi connectivity index (χ0v) is 17.0. The summed E-state index contributed by atoms with van der Waals surface area (Å²) in [6.07, 6.45) is -4.53. The minimum atomic E-state index is -4.53. The van der Waals surface area contributed by atoms with E-state index >= 15 is 0 Å². The Morgan fingerprint density at radius 3 is 2.53 bits per heavy atom. The highest BCUT2D eigenvalue weighted by atomic mass is 32.2. The Morgan fingerprint density at radius 1 is 1.23 bits per heavy atom. The Labute approximate surface area is 169 Å². The first-order valence-corrected chi connectivity index (χ1v) is 10.1. The van der Waals surface area contributed by atoms with Crippen LogP contribution in [0.4, 0.5) is 13.2 Å². The van der Waals surface area contributed by atoms with E-state index in [0.29, 0.717) is 0 Å². The summed E-state index contributed by atoms with van der Waals surface area (Å²) in [6.45, 7) is 2.63. The average Bonchev–Trinajstić information content (AvgIpc) is 3.15. The molecule has 0 atom stereocenters. The molecule has 162 valence electrons. The molecule has 3 aromatic rings. The molecule has 0 aliphatic carbocycles. The van der Waals surface area contributed by atoms with Gasteiger partial charge in [0.25, 0.3) is 0 Å². The number of aromatic nitrogens is 4. The van der Waals surface area contributed by atoms with E-state index in [4.69, 9.17) is 4.52 Å². The third-order valence-electron chi connectivity index (χ3n) is 4.34. The van der Waals surface area contributed by atoms with E-state index in [1.807, 2.05) is 0 Å². The van der Waals surface area contributed by atoms with E-state index in [1.54, 1.807) is 0 Å². The minimum Gasteiger partial charge on any atom is -0.360 e. The van der Waals surface area contributed by atoms with Crippen LogP contribution < -0.4 is 10.4 Å². The van der Waals surface area contributed by atoms with Gasteiger partial charge in [0.05, 0.1) is 12.1 Å². The van der Waals surface area contributed by atoms with Crippen LogP contribution in [-0.4, -0.2) is 34.5 Å². The largest absolute Gasteiger partial charge is 0.416 e. The third kappa shape index (κ3) is 4.16. The second-order valence-corrected chi connectivity index (χ2v) is 8.22. The molecular weight excluding hydrogens is 427 g/mol. The lowest BCUT2D eigenvalue weighted by Gasteiger charge is -2.08. The summed E-state index contributed by atoms with van der Waals surface area (Å²) in [6, 6.07) is 4.44. The second kappa shape index (κ2) is 7.72. The minimum absolute atomic E-state index is 0.0275. The predicted molar refractivity (Wildman–Crippen MR) is 99.1 cm³/mol. The Balaban J connectivity index is 1.81. The zero-order valence-electron chi connectivity index (χ0n) is 16.2. The van der Waals surface area contributed by atoms with Gasteiger partial charge in [0, 0.05) is 19.2 Å². The molecule has 0 bridgehead atoms. The van der Waals surface area contributed by atoms with Crippen LogP contribution in [-0.2, 0) is 29.8 Å². The van der Waals surface area contributed by atoms with Crippen molar-refractivity contribution >= 4 is 10.0 Å². The van der Waals surface area contributed by atoms with Gasteiger partial charge in [-0.2, -0.15) is 13.2 Å². The van der Waals surface area contributed by atoms with Crippen molar-refractivity contribution in [2.45, 2.75) is 31.5 Å². The number of alkyl halides is 3. The van der Waals surface area contributed by atoms with Crippen LogP contribution in [0.15, 0.2) is 38.5 Å². The van der Waals surface area contributed by atoms with Crippen LogP contribution >= 0.6 is 0 Å². The highest BCUT2D eigenvalue weighted by Gasteiger charge is 2.31. The van der Waals surface area contributed by atoms with Gasteiger partial charge in [-0.05, 0) is 26.0 Å². The van der Waals surface area contributed by atoms with Crippen LogP contribution in [0.3, 0.4) is 0 Å². The summed E-state index contributed by atoms with van der Waals surface area (Å²) in [5.74, 6) is 0.154. The van der Waals surface area contributed by atoms with Gasteiger partial charge in [0.15, 0.2) is 11.6 Å². The maximum atomic E-state index is 12.9. The monoisotopic (exact) mass is 445 g/mol. The Bertz CT molecular complexity index is 1220. The highest BCUT2D eigenvalue weighted by molar-refractivity contribution is 7.89. The van der Waals surface area contributed by atoms with Gasteiger partial charge in [-0.1, -0.05) is 17.3 Å². The van der Waals surface area contributed by atoms with E-state index in [-0.39, 0.29) is 40.8 Å². The van der Waals surface area contributed by atoms with Crippen molar-refractivity contribution in [3.63, 3.8) is 0 Å². The number of nitrogens with zero attached hydrogens (tertiary/aromatic N) is 4. The Kier molecular flexibility index (Phi) is 5.60. The van der Waals surface area contributed by atoms with Crippen molar-refractivity contribution in [1.29, 1.82) is 0 Å². The molecule has 9 nitrogen and oxygen atoms in total. The maximum absolute atomic E-state index is 12.9. The lowest BCUT2D eigenvalue weighted by molar-refractivity contribution is -0.137. The van der Waals surface area contributed by atoms with Crippen molar-refractivity contribution in [3.8, 4) is 11.4 Å². The summed E-state index contributed by atoms with van der Waals surface area (Å²) in [5.41, 5.74) is -1.16. The molecule has 0 spiro atoms. The van der Waals surface area contributed by atoms with Gasteiger partial charge >= 0.3 is 11.9 Å². The van der Waals surface area contributed by atoms with Gasteiger partial charge in [0.2, 0.25) is 10.0 Å². The van der Waals surface area contributed by atoms with E-state index in [1.165, 1.54) is 33.0 Å². The molecular formula is C17H18F3N5O4S. The van der Waals surface area contributed by atoms with Crippen LogP contribution in [0.5, 0.6) is 0 Å². The molecule has 0 aliphatic rings. The molecule has 1 N–H and O–H groups in total. The fourth-order valence-corrected chi connectivity index (χ4v) is 4.28. The molecule has 2 aromatic heterocycles. The van der Waals surface area contributed by atoms with Crippen LogP contribution in [0, 0.1) is 13.8 Å². The SMILES string of the molecule is Cc1noc(C)c1S(=O)(=O)NCCn1nc(-c2cccc(C(F)(F)F)c2)n(C)c1=O. The fraction of sp³-hybridized carbons (Fsp3) is 0.353. The van der Waals surface area contributed by atoms with Crippen LogP contribution in [0.2, 0.25) is 0 Å². The number of nitrogens with one attached hydrogen (secondary N) is 1. The lowest BCUT2D eigenvalue weighted by atomic mass is 10.1. The molecule has 1 aromatic carbocycles. The molecule has 0 aliphatic heterocycles. The number of halogens is 3. The van der Waals surface area contributed by atoms with Crippen molar-refractivity contribution in [1.82, 2.24) is 24.2 Å². The summed E-state index contributed by atoms with van der Waals surface area (Å²) in [4.78, 5) is 12.3. The number of aryl methyl sites for hydroxylation is 2. The van der Waals surface area contributed by atoms with E-state index in [9.17, 15) is 26.4 Å². The normalized spacial score (nSPS) is 12.5. The fourth-order valence-electron chi connectivity index (χ4n) is 2.94. The van der Waals surface area contributed by atoms with Crippen LogP contribution in [0.1, 0.15) is 17.0 Å². The summed E-state index contributed by atoms with van der Waals surface area (Å²) in [5, 5.41) is 7.64. The van der Waals surface area contributed by atoms with Crippen molar-refractivity contribution in [3.05, 3.63) is 51.8 Å². The van der Waals surface area contributed by atoms with Gasteiger partial charge < -0.3 is 4.52 Å². The van der Waals surface area contributed by atoms with Crippen molar-refractivity contribution in [2.24, 2.45) is 7.05 Å². The third-order valence-corrected chi connectivity index (χ3v) is 6.05. The Hall–Kier alpha value is -2.93. The number of benzene rings is 1. The molecule has 30 heavy (non-hydrogen) atoms. The average molecular weight is 445 g/mol. The molecule has 13 heteroatoms. The molecule has 0 unspecified atom stereocenters. The number of sulfonamides is 1. The first kappa shape index (κ1) is 21.8. The topological polar surface area (TPSA) is 112 Å². The van der Waals surface area contributed by atoms with Gasteiger partial charge in [-0.3, -0.25) is 4.57 Å². The first-order valence-electron chi connectivity index (χ1n) is 8.66. The summed E-state index contributed by atoms with van der Waals surface area (Å²) in [7, 11) is -2.55. The quantitative estimate of drug-likeness (QED) is 0.620. The van der Waals surface area contributed by atoms with E-state index < -0.39 is 27.5 Å². The van der Waals surface area contributed by atoms with Gasteiger partial charge in [-0.15, -0.1) is 5.10 Å². The lowest BCUT2D eigenvalue weighted by Crippen LogP contribution is -2.32. The van der Waals surface area contributed by atoms with Gasteiger partial charge in [0.1, 0.15) is 10.6 Å². The Morgan fingerprint density at radius 2 is 1.93 bits per heavy atom. The second-order valence-electron chi connectivity index (χ2n) is 6.52. The van der Waals surface area contributed by atoms with Crippen LogP contribution in [0.25, 0.3) is 11.4 Å². The molecule has 0 saturated carbocycles. The number of rotatable bonds is 6. The number of hydrogen-bond donors (Lipinski definition) is 1. The predicted octanol–water partition coefficient (Wildman–Crippen LogP) is 1.85. The van der Waals surface area contributed by atoms with Crippen molar-refractivity contribution < 1.29 is 26.1 Å². The number of hydrogen-bond acceptors (Lipinski definition) is 6. The summed E-state index contributed by atoms with van der Waals surface area (Å²) < 4.78 is 72.9. The highest BCUT2D eigenvalue weighted by Crippen LogP contribution is 2.31. The van der Waals surface area contributed by atoms with Gasteiger partial charge in [-0.25, -0.2) is 22.6 Å². The van der Waals surface area contributed by atoms with E-state index in [0.717, 1.165) is 21.4 Å². The standard InChI is InChI=1S/C17H18F3N5O4S/c1-10-14(11(2)29-23-10)30(27,28)21-7-8-25-16(26)24(3)15(22-25)12-5-4-6-13(9-12)17(18,19)20/h4-6,9,21H,7-8H2,1-3H3. The smallest absolute Gasteiger partial charge is 0.360 e. The zero-order chi connectivity index (χ0) is 22.3.